The van der Waals surface area contributed by atoms with Crippen molar-refractivity contribution < 1.29 is 56.9 Å². The number of nitrogens with zero attached hydrogens (tertiary/aromatic N) is 1. The molecule has 334 valence electrons. The summed E-state index contributed by atoms with van der Waals surface area (Å²) in [5, 5.41) is 30.2. The molecule has 1 unspecified atom stereocenters. The van der Waals surface area contributed by atoms with Gasteiger partial charge in [0.2, 0.25) is 17.7 Å². The highest BCUT2D eigenvalue weighted by Gasteiger charge is 2.80. The van der Waals surface area contributed by atoms with E-state index in [1.165, 1.54) is 38.7 Å². The summed E-state index contributed by atoms with van der Waals surface area (Å²) < 4.78 is 51.7. The Hall–Kier alpha value is -5.42. The van der Waals surface area contributed by atoms with E-state index in [2.05, 4.69) is 20.9 Å². The molecule has 5 aliphatic rings. The van der Waals surface area contributed by atoms with Gasteiger partial charge >= 0.3 is 0 Å². The number of amides is 3. The number of ketones is 2. The molecule has 8 rings (SSSR count). The van der Waals surface area contributed by atoms with Crippen molar-refractivity contribution in [2.24, 2.45) is 22.7 Å². The molecule has 2 aromatic carbocycles. The van der Waals surface area contributed by atoms with Gasteiger partial charge in [-0.2, -0.15) is 0 Å². The lowest BCUT2D eigenvalue weighted by atomic mass is 9.44. The van der Waals surface area contributed by atoms with Crippen LogP contribution in [0, 0.1) is 22.7 Å². The molecule has 63 heavy (non-hydrogen) atoms. The third-order valence-corrected chi connectivity index (χ3v) is 14.4. The molecule has 0 bridgehead atoms. The Kier molecular flexibility index (Phi) is 11.7. The zero-order chi connectivity index (χ0) is 45.1. The lowest BCUT2D eigenvalue weighted by Gasteiger charge is -2.63. The largest absolute Gasteiger partial charge is 0.451 e. The van der Waals surface area contributed by atoms with Gasteiger partial charge in [0, 0.05) is 40.8 Å². The van der Waals surface area contributed by atoms with Crippen LogP contribution in [0.1, 0.15) is 82.1 Å². The first-order chi connectivity index (χ1) is 29.9. The van der Waals surface area contributed by atoms with Crippen LogP contribution in [0.2, 0.25) is 0 Å². The van der Waals surface area contributed by atoms with E-state index in [0.29, 0.717) is 29.8 Å². The third kappa shape index (κ3) is 7.43. The van der Waals surface area contributed by atoms with E-state index >= 15 is 8.78 Å². The van der Waals surface area contributed by atoms with E-state index in [-0.39, 0.29) is 37.2 Å². The number of alkyl halides is 2. The molecule has 1 saturated heterocycles. The first-order valence-corrected chi connectivity index (χ1v) is 21.3. The number of fused-ring (bicyclic) bond motifs is 7. The highest BCUT2D eigenvalue weighted by atomic mass is 19.1. The fourth-order valence-corrected chi connectivity index (χ4v) is 11.1. The maximum atomic E-state index is 17.7. The van der Waals surface area contributed by atoms with Crippen LogP contribution in [0.3, 0.4) is 0 Å². The van der Waals surface area contributed by atoms with Crippen LogP contribution in [0.5, 0.6) is 0 Å². The molecule has 0 spiro atoms. The Morgan fingerprint density at radius 2 is 1.73 bits per heavy atom. The van der Waals surface area contributed by atoms with Gasteiger partial charge in [-0.1, -0.05) is 49.4 Å². The summed E-state index contributed by atoms with van der Waals surface area (Å²) in [5.74, 6) is -4.12. The van der Waals surface area contributed by atoms with Crippen molar-refractivity contribution in [2.45, 2.75) is 114 Å². The van der Waals surface area contributed by atoms with Gasteiger partial charge in [0.05, 0.1) is 17.9 Å². The van der Waals surface area contributed by atoms with Gasteiger partial charge in [-0.25, -0.2) is 13.8 Å². The average molecular weight is 871 g/mol. The summed E-state index contributed by atoms with van der Waals surface area (Å²) in [5.41, 5.74) is -3.42. The predicted octanol–water partition coefficient (Wildman–Crippen LogP) is 4.49. The maximum Gasteiger partial charge on any atom is 0.246 e. The number of hydrogen-bond acceptors (Lipinski definition) is 11. The Balaban J connectivity index is 0.902. The van der Waals surface area contributed by atoms with Crippen LogP contribution < -0.4 is 16.0 Å². The SMILES string of the molecule is C[C@H](NC(=O)CCc1cocn1)C(=O)N[C@@H](C)C(=O)Nc1cccc(Cc2ccc([C@@H]3O[C@@H]4CC5[C@@H]6C[C@H](F)C7=CC(=O)C=C[C@]7(C)[C@@]6(F)[C@@H](O)C[C@]5(C)[C@]4(C(=O)CO)O3)cc2)c1. The third-order valence-electron chi connectivity index (χ3n) is 14.4. The van der Waals surface area contributed by atoms with E-state index in [9.17, 15) is 34.2 Å². The molecule has 3 amide bonds. The van der Waals surface area contributed by atoms with E-state index in [0.717, 1.165) is 17.2 Å². The number of carbonyl (C=O) groups is 5. The smallest absolute Gasteiger partial charge is 0.246 e. The predicted molar refractivity (Wildman–Crippen MR) is 222 cm³/mol. The second-order valence-electron chi connectivity index (χ2n) is 18.1. The monoisotopic (exact) mass is 870 g/mol. The standard InChI is InChI=1S/C47H52F2N4O10/c1-25(51-40(58)13-12-31-23-61-24-50-31)41(59)52-26(2)42(60)53-30-7-5-6-28(17-30)16-27-8-10-29(11-9-27)43-62-39-20-33-34-19-36(48)35-18-32(55)14-15-44(35,3)46(34,49)37(56)21-45(33,4)47(39,63-43)38(57)22-54/h5-11,14-15,17-18,23-26,33-34,36-37,39,43,54,56H,12-13,16,19-22H2,1-4H3,(H,51,58)(H,52,59)(H,53,60)/t25-,26-,33?,34-,36-,37-,39+,43+,44-,45-,46-,47+/m0/s1. The fourth-order valence-electron chi connectivity index (χ4n) is 11.1. The lowest BCUT2D eigenvalue weighted by Crippen LogP contribution is -2.70. The van der Waals surface area contributed by atoms with Crippen LogP contribution >= 0.6 is 0 Å². The number of ether oxygens (including phenoxy) is 2. The molecule has 14 nitrogen and oxygen atoms in total. The molecule has 1 aromatic heterocycles. The number of rotatable bonds is 13. The first kappa shape index (κ1) is 44.2. The summed E-state index contributed by atoms with van der Waals surface area (Å²) in [4.78, 5) is 68.2. The fraction of sp³-hybridized carbons (Fsp3) is 0.489. The van der Waals surface area contributed by atoms with Crippen LogP contribution in [0.4, 0.5) is 14.5 Å². The van der Waals surface area contributed by atoms with Gasteiger partial charge in [-0.3, -0.25) is 24.0 Å². The molecule has 3 aromatic rings. The van der Waals surface area contributed by atoms with Crippen LogP contribution in [-0.2, 0) is 46.3 Å². The van der Waals surface area contributed by atoms with Gasteiger partial charge in [0.1, 0.15) is 31.1 Å². The lowest BCUT2D eigenvalue weighted by molar-refractivity contribution is -0.235. The minimum atomic E-state index is -2.35. The number of allylic oxidation sites excluding steroid dienone is 4. The highest BCUT2D eigenvalue weighted by Crippen LogP contribution is 2.72. The molecule has 4 fully saturated rings. The van der Waals surface area contributed by atoms with Crippen molar-refractivity contribution >= 4 is 35.0 Å². The van der Waals surface area contributed by atoms with Crippen molar-refractivity contribution in [3.05, 3.63) is 107 Å². The molecule has 16 heteroatoms. The number of aryl methyl sites for hydroxylation is 1. The second-order valence-corrected chi connectivity index (χ2v) is 18.1. The quantitative estimate of drug-likeness (QED) is 0.162. The summed E-state index contributed by atoms with van der Waals surface area (Å²) in [7, 11) is 0. The number of aromatic nitrogens is 1. The zero-order valence-corrected chi connectivity index (χ0v) is 35.4. The molecule has 5 N–H and O–H groups in total. The Morgan fingerprint density at radius 3 is 2.44 bits per heavy atom. The summed E-state index contributed by atoms with van der Waals surface area (Å²) in [6.45, 7) is 5.45. The number of carbonyl (C=O) groups excluding carboxylic acids is 5. The summed E-state index contributed by atoms with van der Waals surface area (Å²) in [6, 6.07) is 12.8. The minimum absolute atomic E-state index is 0.00554. The van der Waals surface area contributed by atoms with Crippen molar-refractivity contribution in [1.82, 2.24) is 15.6 Å². The van der Waals surface area contributed by atoms with Crippen molar-refractivity contribution in [3.8, 4) is 0 Å². The van der Waals surface area contributed by atoms with Crippen LogP contribution in [0.15, 0.2) is 89.4 Å². The molecule has 2 heterocycles. The van der Waals surface area contributed by atoms with Gasteiger partial charge in [0.25, 0.3) is 0 Å². The Labute approximate surface area is 362 Å². The summed E-state index contributed by atoms with van der Waals surface area (Å²) >= 11 is 0. The number of benzene rings is 2. The van der Waals surface area contributed by atoms with Crippen molar-refractivity contribution in [3.63, 3.8) is 0 Å². The zero-order valence-electron chi connectivity index (χ0n) is 35.4. The minimum Gasteiger partial charge on any atom is -0.451 e. The number of aliphatic hydroxyl groups is 2. The topological polar surface area (TPSA) is 206 Å². The van der Waals surface area contributed by atoms with Crippen LogP contribution in [0.25, 0.3) is 0 Å². The Morgan fingerprint density at radius 1 is 0.984 bits per heavy atom. The van der Waals surface area contributed by atoms with Crippen molar-refractivity contribution in [1.29, 1.82) is 0 Å². The van der Waals surface area contributed by atoms with Gasteiger partial charge in [0.15, 0.2) is 35.5 Å². The molecular formula is C47H52F2N4O10. The van der Waals surface area contributed by atoms with Crippen molar-refractivity contribution in [2.75, 3.05) is 11.9 Å². The molecule has 4 aliphatic carbocycles. The summed E-state index contributed by atoms with van der Waals surface area (Å²) in [6.07, 6.45) is 1.75. The molecule has 0 radical (unpaired) electrons. The highest BCUT2D eigenvalue weighted by molar-refractivity contribution is 6.01. The van der Waals surface area contributed by atoms with E-state index < -0.39 is 101 Å². The number of anilines is 1. The van der Waals surface area contributed by atoms with Gasteiger partial charge in [-0.15, -0.1) is 0 Å². The number of Topliss-reactive ketones (excluding diaryl/α,β-unsaturated/α-hetero) is 1. The van der Waals surface area contributed by atoms with E-state index in [4.69, 9.17) is 13.9 Å². The Bertz CT molecular complexity index is 2360. The number of aliphatic hydroxyl groups excluding tert-OH is 2. The first-order valence-electron chi connectivity index (χ1n) is 21.3. The van der Waals surface area contributed by atoms with E-state index in [1.807, 2.05) is 24.3 Å². The second kappa shape index (κ2) is 16.6. The van der Waals surface area contributed by atoms with Gasteiger partial charge < -0.3 is 40.1 Å². The van der Waals surface area contributed by atoms with Crippen LogP contribution in [-0.4, -0.2) is 92.8 Å². The molecule has 3 saturated carbocycles. The average Bonchev–Trinajstić information content (AvgIpc) is 3.98. The molecular weight excluding hydrogens is 819 g/mol. The number of oxazole rings is 1. The number of halogens is 2. The number of hydrogen-bond donors (Lipinski definition) is 5. The number of nitrogens with one attached hydrogen (secondary N) is 3. The normalized spacial score (nSPS) is 33.8. The molecule has 12 atom stereocenters. The van der Waals surface area contributed by atoms with Gasteiger partial charge in [-0.05, 0) is 93.4 Å². The molecule has 1 aliphatic heterocycles. The van der Waals surface area contributed by atoms with E-state index in [1.54, 1.807) is 38.1 Å². The maximum absolute atomic E-state index is 17.7.